The molecule has 0 fully saturated rings. The third kappa shape index (κ3) is 9.58. The third-order valence-electron chi connectivity index (χ3n) is 0.941. The van der Waals surface area contributed by atoms with Crippen LogP contribution in [0.2, 0.25) is 0 Å². The van der Waals surface area contributed by atoms with Crippen molar-refractivity contribution in [1.29, 1.82) is 0 Å². The van der Waals surface area contributed by atoms with Crippen LogP contribution in [-0.4, -0.2) is 43.3 Å². The van der Waals surface area contributed by atoms with E-state index in [2.05, 4.69) is 59.9 Å². The van der Waals surface area contributed by atoms with Gasteiger partial charge in [-0.15, -0.1) is 0 Å². The summed E-state index contributed by atoms with van der Waals surface area (Å²) in [5.41, 5.74) is 0. The van der Waals surface area contributed by atoms with E-state index in [0.29, 0.717) is 0 Å². The van der Waals surface area contributed by atoms with Crippen LogP contribution in [0.25, 0.3) is 0 Å². The van der Waals surface area contributed by atoms with Crippen molar-refractivity contribution >= 4 is 25.8 Å². The molecule has 0 amide bonds. The van der Waals surface area contributed by atoms with Crippen molar-refractivity contribution in [2.75, 3.05) is 37.5 Å². The molecular weight excluding hydrogens is 212 g/mol. The Morgan fingerprint density at radius 3 is 1.29 bits per heavy atom. The van der Waals surface area contributed by atoms with E-state index in [1.54, 1.807) is 0 Å². The van der Waals surface area contributed by atoms with E-state index < -0.39 is 20.1 Å². The van der Waals surface area contributed by atoms with Crippen LogP contribution in [0.4, 0.5) is 0 Å². The van der Waals surface area contributed by atoms with Gasteiger partial charge in [-0.1, -0.05) is 0 Å². The van der Waals surface area contributed by atoms with Crippen LogP contribution in [0.1, 0.15) is 0 Å². The normalized spacial score (nSPS) is 13.0. The second-order valence-electron chi connectivity index (χ2n) is 4.46. The molecule has 0 aromatic carbocycles. The summed E-state index contributed by atoms with van der Waals surface area (Å²) in [6.45, 7) is 0. The van der Waals surface area contributed by atoms with E-state index >= 15 is 0 Å². The van der Waals surface area contributed by atoms with Crippen LogP contribution in [0.15, 0.2) is 0 Å². The SMILES string of the molecule is CS(C)(C)C#CC(=O)C#CS(C)(C)C. The molecule has 0 rings (SSSR count). The molecule has 0 unspecified atom stereocenters. The smallest absolute Gasteiger partial charge is 0.270 e. The maximum absolute atomic E-state index is 11.2. The Hall–Kier alpha value is -0.510. The first-order valence-electron chi connectivity index (χ1n) is 4.06. The maximum Gasteiger partial charge on any atom is 0.280 e. The number of Topliss-reactive ketones (excluding diaryl/α,β-unsaturated/α-hetero) is 1. The summed E-state index contributed by atoms with van der Waals surface area (Å²) in [6.07, 6.45) is 12.3. The molecule has 0 aromatic heterocycles. The average Bonchev–Trinajstić information content (AvgIpc) is 1.94. The van der Waals surface area contributed by atoms with Gasteiger partial charge in [0.25, 0.3) is 5.78 Å². The molecule has 1 nitrogen and oxygen atoms in total. The summed E-state index contributed by atoms with van der Waals surface area (Å²) >= 11 is 0. The predicted molar refractivity (Wildman–Crippen MR) is 71.3 cm³/mol. The van der Waals surface area contributed by atoms with Crippen LogP contribution in [0, 0.1) is 22.3 Å². The summed E-state index contributed by atoms with van der Waals surface area (Å²) in [4.78, 5) is 11.2. The van der Waals surface area contributed by atoms with Crippen LogP contribution in [0.3, 0.4) is 0 Å². The first kappa shape index (κ1) is 13.5. The Labute approximate surface area is 90.7 Å². The summed E-state index contributed by atoms with van der Waals surface area (Å²) < 4.78 is 0. The quantitative estimate of drug-likeness (QED) is 0.581. The molecule has 80 valence electrons. The number of carbonyl (C=O) groups is 1. The van der Waals surface area contributed by atoms with Gasteiger partial charge in [0.2, 0.25) is 0 Å². The molecule has 14 heavy (non-hydrogen) atoms. The largest absolute Gasteiger partial charge is 0.280 e. The zero-order valence-corrected chi connectivity index (χ0v) is 11.4. The molecule has 0 radical (unpaired) electrons. The fraction of sp³-hybridized carbons (Fsp3) is 0.545. The van der Waals surface area contributed by atoms with Gasteiger partial charge in [0, 0.05) is 0 Å². The highest BCUT2D eigenvalue weighted by Gasteiger charge is 1.99. The first-order valence-corrected chi connectivity index (χ1v) is 9.78. The Kier molecular flexibility index (Phi) is 4.65. The summed E-state index contributed by atoms with van der Waals surface area (Å²) in [5, 5.41) is 5.90. The molecule has 0 aliphatic rings. The van der Waals surface area contributed by atoms with Gasteiger partial charge in [0.1, 0.15) is 0 Å². The molecule has 0 saturated carbocycles. The number of ketones is 1. The second-order valence-corrected chi connectivity index (χ2v) is 12.2. The molecule has 0 atom stereocenters. The number of hydrogen-bond donors (Lipinski definition) is 0. The highest BCUT2D eigenvalue weighted by Crippen LogP contribution is 2.32. The summed E-state index contributed by atoms with van der Waals surface area (Å²) in [6, 6.07) is 0. The van der Waals surface area contributed by atoms with Gasteiger partial charge in [0.15, 0.2) is 0 Å². The number of carbonyl (C=O) groups excluding carboxylic acids is 1. The van der Waals surface area contributed by atoms with Gasteiger partial charge >= 0.3 is 0 Å². The van der Waals surface area contributed by atoms with Gasteiger partial charge in [-0.3, -0.25) is 4.79 Å². The number of hydrogen-bond acceptors (Lipinski definition) is 1. The molecule has 0 saturated heterocycles. The lowest BCUT2D eigenvalue weighted by molar-refractivity contribution is -0.108. The van der Waals surface area contributed by atoms with E-state index in [1.807, 2.05) is 0 Å². The minimum absolute atomic E-state index is 0.255. The van der Waals surface area contributed by atoms with E-state index in [4.69, 9.17) is 0 Å². The van der Waals surface area contributed by atoms with Gasteiger partial charge in [-0.05, 0) is 59.9 Å². The Bertz CT molecular complexity index is 300. The molecule has 0 aliphatic carbocycles. The lowest BCUT2D eigenvalue weighted by Crippen LogP contribution is -1.92. The van der Waals surface area contributed by atoms with Gasteiger partial charge in [-0.2, -0.15) is 20.1 Å². The minimum atomic E-state index is -0.916. The van der Waals surface area contributed by atoms with E-state index in [-0.39, 0.29) is 5.78 Å². The van der Waals surface area contributed by atoms with Crippen molar-refractivity contribution in [3.63, 3.8) is 0 Å². The molecule has 0 N–H and O–H groups in total. The maximum atomic E-state index is 11.2. The predicted octanol–water partition coefficient (Wildman–Crippen LogP) is 1.87. The molecule has 0 bridgehead atoms. The molecule has 0 heterocycles. The minimum Gasteiger partial charge on any atom is -0.270 e. The molecule has 0 aliphatic heterocycles. The van der Waals surface area contributed by atoms with Crippen molar-refractivity contribution in [3.05, 3.63) is 0 Å². The Balaban J connectivity index is 4.51. The highest BCUT2D eigenvalue weighted by molar-refractivity contribution is 8.36. The molecule has 0 aromatic rings. The number of rotatable bonds is 0. The Morgan fingerprint density at radius 1 is 0.786 bits per heavy atom. The van der Waals surface area contributed by atoms with Crippen LogP contribution >= 0.6 is 20.1 Å². The van der Waals surface area contributed by atoms with Crippen LogP contribution in [-0.2, 0) is 4.79 Å². The topological polar surface area (TPSA) is 17.1 Å². The fourth-order valence-electron chi connectivity index (χ4n) is 0.430. The lowest BCUT2D eigenvalue weighted by Gasteiger charge is -2.14. The van der Waals surface area contributed by atoms with Gasteiger partial charge in [0.05, 0.1) is 0 Å². The van der Waals surface area contributed by atoms with Gasteiger partial charge in [-0.25, -0.2) is 0 Å². The van der Waals surface area contributed by atoms with Crippen molar-refractivity contribution in [2.45, 2.75) is 0 Å². The second kappa shape index (κ2) is 4.82. The van der Waals surface area contributed by atoms with E-state index in [9.17, 15) is 4.79 Å². The molecular formula is C11H18OS2. The highest BCUT2D eigenvalue weighted by atomic mass is 32.3. The average molecular weight is 230 g/mol. The van der Waals surface area contributed by atoms with Crippen molar-refractivity contribution in [1.82, 2.24) is 0 Å². The molecule has 3 heteroatoms. The molecule has 0 spiro atoms. The van der Waals surface area contributed by atoms with Crippen LogP contribution in [0.5, 0.6) is 0 Å². The summed E-state index contributed by atoms with van der Waals surface area (Å²) in [5.74, 6) is 4.91. The zero-order valence-electron chi connectivity index (χ0n) is 9.72. The van der Waals surface area contributed by atoms with E-state index in [1.165, 1.54) is 0 Å². The summed E-state index contributed by atoms with van der Waals surface area (Å²) in [7, 11) is -1.83. The lowest BCUT2D eigenvalue weighted by atomic mass is 10.4. The Morgan fingerprint density at radius 2 is 1.07 bits per heavy atom. The van der Waals surface area contributed by atoms with E-state index in [0.717, 1.165) is 0 Å². The van der Waals surface area contributed by atoms with Crippen molar-refractivity contribution < 1.29 is 4.79 Å². The van der Waals surface area contributed by atoms with Crippen LogP contribution < -0.4 is 0 Å². The van der Waals surface area contributed by atoms with Crippen molar-refractivity contribution in [2.24, 2.45) is 0 Å². The van der Waals surface area contributed by atoms with Crippen molar-refractivity contribution in [3.8, 4) is 22.3 Å². The first-order chi connectivity index (χ1) is 6.10. The third-order valence-corrected chi connectivity index (χ3v) is 2.37. The fourth-order valence-corrected chi connectivity index (χ4v) is 1.23. The van der Waals surface area contributed by atoms with Gasteiger partial charge < -0.3 is 0 Å². The zero-order chi connectivity index (χ0) is 11.4. The standard InChI is InChI=1S/C11H18OS2/c1-13(2,3)9-7-11(12)8-10-14(4,5)6/h1-6H3. The monoisotopic (exact) mass is 230 g/mol.